The summed E-state index contributed by atoms with van der Waals surface area (Å²) in [5, 5.41) is 7.14. The highest BCUT2D eigenvalue weighted by molar-refractivity contribution is 5.90. The first-order valence-electron chi connectivity index (χ1n) is 7.98. The summed E-state index contributed by atoms with van der Waals surface area (Å²) < 4.78 is 14.1. The lowest BCUT2D eigenvalue weighted by molar-refractivity contribution is 0.295. The molecule has 0 spiro atoms. The van der Waals surface area contributed by atoms with Crippen LogP contribution >= 0.6 is 0 Å². The van der Waals surface area contributed by atoms with Crippen LogP contribution in [0.15, 0.2) is 6.07 Å². The molecule has 2 aromatic rings. The van der Waals surface area contributed by atoms with E-state index in [9.17, 15) is 4.39 Å². The first kappa shape index (κ1) is 15.9. The van der Waals surface area contributed by atoms with Gasteiger partial charge in [0.1, 0.15) is 12.0 Å². The minimum Gasteiger partial charge on any atom is -0.372 e. The van der Waals surface area contributed by atoms with Crippen molar-refractivity contribution in [3.05, 3.63) is 17.3 Å². The maximum Gasteiger partial charge on any atom is 0.227 e. The van der Waals surface area contributed by atoms with Gasteiger partial charge in [0.05, 0.1) is 11.4 Å². The molecule has 7 heteroatoms. The number of aryl methyl sites for hydroxylation is 2. The summed E-state index contributed by atoms with van der Waals surface area (Å²) in [7, 11) is 1.82. The van der Waals surface area contributed by atoms with E-state index in [1.165, 1.54) is 0 Å². The van der Waals surface area contributed by atoms with Crippen molar-refractivity contribution in [2.24, 2.45) is 0 Å². The van der Waals surface area contributed by atoms with Crippen molar-refractivity contribution in [1.29, 1.82) is 0 Å². The lowest BCUT2D eigenvalue weighted by Crippen LogP contribution is -2.30. The summed E-state index contributed by atoms with van der Waals surface area (Å²) in [5.41, 5.74) is 2.61. The van der Waals surface area contributed by atoms with E-state index < -0.39 is 6.17 Å². The van der Waals surface area contributed by atoms with Gasteiger partial charge in [-0.2, -0.15) is 9.97 Å². The van der Waals surface area contributed by atoms with E-state index in [4.69, 9.17) is 0 Å². The third-order valence-corrected chi connectivity index (χ3v) is 4.31. The molecule has 2 aromatic heterocycles. The number of pyridine rings is 1. The highest BCUT2D eigenvalue weighted by atomic mass is 19.1. The number of rotatable bonds is 4. The number of hydrogen-bond acceptors (Lipinski definition) is 6. The van der Waals surface area contributed by atoms with Crippen LogP contribution < -0.4 is 10.6 Å². The van der Waals surface area contributed by atoms with Gasteiger partial charge in [-0.25, -0.2) is 9.37 Å². The number of hydrogen-bond donors (Lipinski definition) is 2. The molecule has 1 aliphatic heterocycles. The van der Waals surface area contributed by atoms with Gasteiger partial charge in [-0.05, 0) is 32.0 Å². The van der Waals surface area contributed by atoms with E-state index in [1.54, 1.807) is 0 Å². The minimum atomic E-state index is -0.917. The average molecular weight is 318 g/mol. The molecule has 3 rings (SSSR count). The average Bonchev–Trinajstić information content (AvgIpc) is 2.86. The van der Waals surface area contributed by atoms with Crippen molar-refractivity contribution >= 4 is 22.8 Å². The van der Waals surface area contributed by atoms with Crippen LogP contribution in [0.3, 0.4) is 0 Å². The smallest absolute Gasteiger partial charge is 0.227 e. The number of aromatic nitrogens is 3. The second-order valence-corrected chi connectivity index (χ2v) is 6.04. The van der Waals surface area contributed by atoms with Crippen LogP contribution in [0.1, 0.15) is 18.2 Å². The maximum absolute atomic E-state index is 14.1. The van der Waals surface area contributed by atoms with E-state index in [0.717, 1.165) is 23.2 Å². The van der Waals surface area contributed by atoms with Gasteiger partial charge in [-0.1, -0.05) is 6.92 Å². The summed E-state index contributed by atoms with van der Waals surface area (Å²) in [6, 6.07) is 1.72. The molecule has 0 unspecified atom stereocenters. The van der Waals surface area contributed by atoms with E-state index >= 15 is 0 Å². The van der Waals surface area contributed by atoms with Crippen molar-refractivity contribution < 1.29 is 4.39 Å². The van der Waals surface area contributed by atoms with Crippen LogP contribution in [0, 0.1) is 13.8 Å². The van der Waals surface area contributed by atoms with Crippen molar-refractivity contribution in [2.75, 3.05) is 37.3 Å². The predicted molar refractivity (Wildman–Crippen MR) is 90.8 cm³/mol. The summed E-state index contributed by atoms with van der Waals surface area (Å²) in [6.07, 6.45) is -0.917. The van der Waals surface area contributed by atoms with Crippen LogP contribution in [0.25, 0.3) is 11.0 Å². The molecule has 0 radical (unpaired) electrons. The molecular formula is C16H23FN6. The number of likely N-dealkylation sites (N-methyl/N-ethyl adjacent to an activating group) is 1. The van der Waals surface area contributed by atoms with E-state index in [2.05, 4.69) is 30.5 Å². The van der Waals surface area contributed by atoms with Gasteiger partial charge >= 0.3 is 0 Å². The zero-order valence-electron chi connectivity index (χ0n) is 14.0. The fraction of sp³-hybridized carbons (Fsp3) is 0.562. The monoisotopic (exact) mass is 318 g/mol. The molecule has 6 nitrogen and oxygen atoms in total. The SMILES string of the molecule is CCN1C[C@@H](F)[C@@H](Nc2nc(NC)c3c(C)cc(C)nc3n2)C1. The van der Waals surface area contributed by atoms with Gasteiger partial charge < -0.3 is 10.6 Å². The normalized spacial score (nSPS) is 21.8. The Hall–Kier alpha value is -2.02. The van der Waals surface area contributed by atoms with Crippen molar-refractivity contribution in [2.45, 2.75) is 33.0 Å². The van der Waals surface area contributed by atoms with Gasteiger partial charge in [0.2, 0.25) is 5.95 Å². The van der Waals surface area contributed by atoms with Crippen LogP contribution in [0.2, 0.25) is 0 Å². The maximum atomic E-state index is 14.1. The molecule has 0 amide bonds. The Morgan fingerprint density at radius 3 is 2.70 bits per heavy atom. The van der Waals surface area contributed by atoms with Crippen molar-refractivity contribution in [3.8, 4) is 0 Å². The van der Waals surface area contributed by atoms with E-state index in [1.807, 2.05) is 33.9 Å². The Morgan fingerprint density at radius 2 is 2.04 bits per heavy atom. The Kier molecular flexibility index (Phi) is 4.30. The third kappa shape index (κ3) is 3.06. The number of halogens is 1. The molecule has 1 saturated heterocycles. The van der Waals surface area contributed by atoms with Crippen molar-refractivity contribution in [3.63, 3.8) is 0 Å². The highest BCUT2D eigenvalue weighted by Gasteiger charge is 2.32. The van der Waals surface area contributed by atoms with Crippen LogP contribution in [-0.2, 0) is 0 Å². The van der Waals surface area contributed by atoms with Gasteiger partial charge in [-0.3, -0.25) is 4.90 Å². The number of nitrogens with zero attached hydrogens (tertiary/aromatic N) is 4. The van der Waals surface area contributed by atoms with Crippen LogP contribution in [0.5, 0.6) is 0 Å². The number of likely N-dealkylation sites (tertiary alicyclic amines) is 1. The molecule has 1 fully saturated rings. The Labute approximate surface area is 135 Å². The zero-order chi connectivity index (χ0) is 16.6. The Balaban J connectivity index is 1.96. The lowest BCUT2D eigenvalue weighted by atomic mass is 10.1. The quantitative estimate of drug-likeness (QED) is 0.900. The summed E-state index contributed by atoms with van der Waals surface area (Å²) in [4.78, 5) is 15.6. The Morgan fingerprint density at radius 1 is 1.26 bits per heavy atom. The molecule has 3 heterocycles. The lowest BCUT2D eigenvalue weighted by Gasteiger charge is -2.16. The molecular weight excluding hydrogens is 295 g/mol. The second-order valence-electron chi connectivity index (χ2n) is 6.04. The van der Waals surface area contributed by atoms with E-state index in [-0.39, 0.29) is 6.04 Å². The van der Waals surface area contributed by atoms with Gasteiger partial charge in [0.25, 0.3) is 0 Å². The first-order chi connectivity index (χ1) is 11.0. The molecule has 0 aliphatic carbocycles. The van der Waals surface area contributed by atoms with E-state index in [0.29, 0.717) is 30.5 Å². The number of nitrogens with one attached hydrogen (secondary N) is 2. The van der Waals surface area contributed by atoms with Crippen molar-refractivity contribution in [1.82, 2.24) is 19.9 Å². The summed E-state index contributed by atoms with van der Waals surface area (Å²) >= 11 is 0. The first-order valence-corrected chi connectivity index (χ1v) is 7.98. The number of alkyl halides is 1. The van der Waals surface area contributed by atoms with Crippen LogP contribution in [-0.4, -0.2) is 58.7 Å². The number of anilines is 2. The second kappa shape index (κ2) is 6.23. The minimum absolute atomic E-state index is 0.289. The molecule has 1 aliphatic rings. The standard InChI is InChI=1S/C16H23FN6/c1-5-23-7-11(17)12(8-23)20-16-21-14(18-4)13-9(2)6-10(3)19-15(13)22-16/h6,11-12H,5,7-8H2,1-4H3,(H2,18,19,20,21,22)/t11-,12+/m1/s1. The molecule has 23 heavy (non-hydrogen) atoms. The molecule has 2 atom stereocenters. The van der Waals surface area contributed by atoms with Crippen LogP contribution in [0.4, 0.5) is 16.2 Å². The molecule has 124 valence electrons. The summed E-state index contributed by atoms with van der Waals surface area (Å²) in [6.45, 7) is 7.96. The number of fused-ring (bicyclic) bond motifs is 1. The topological polar surface area (TPSA) is 66.0 Å². The fourth-order valence-corrected chi connectivity index (χ4v) is 3.12. The Bertz CT molecular complexity index is 719. The summed E-state index contributed by atoms with van der Waals surface area (Å²) in [5.74, 6) is 1.13. The predicted octanol–water partition coefficient (Wildman–Crippen LogP) is 2.14. The highest BCUT2D eigenvalue weighted by Crippen LogP contribution is 2.25. The third-order valence-electron chi connectivity index (χ3n) is 4.31. The molecule has 0 aromatic carbocycles. The molecule has 0 bridgehead atoms. The largest absolute Gasteiger partial charge is 0.372 e. The van der Waals surface area contributed by atoms with Gasteiger partial charge in [0, 0.05) is 25.8 Å². The fourth-order valence-electron chi connectivity index (χ4n) is 3.12. The molecule has 2 N–H and O–H groups in total. The zero-order valence-corrected chi connectivity index (χ0v) is 14.0. The van der Waals surface area contributed by atoms with Gasteiger partial charge in [0.15, 0.2) is 5.65 Å². The van der Waals surface area contributed by atoms with Gasteiger partial charge in [-0.15, -0.1) is 0 Å². The molecule has 0 saturated carbocycles.